The number of aromatic nitrogens is 1. The fraction of sp³-hybridized carbons (Fsp3) is 0.389. The lowest BCUT2D eigenvalue weighted by molar-refractivity contribution is 0.421. The van der Waals surface area contributed by atoms with E-state index in [9.17, 15) is 0 Å². The van der Waals surface area contributed by atoms with Crippen LogP contribution in [0.15, 0.2) is 54.9 Å². The first-order valence-electron chi connectivity index (χ1n) is 7.53. The maximum atomic E-state index is 4.11. The zero-order chi connectivity index (χ0) is 13.8. The maximum absolute atomic E-state index is 4.11. The number of pyridine rings is 1. The first-order valence-corrected chi connectivity index (χ1v) is 7.53. The summed E-state index contributed by atoms with van der Waals surface area (Å²) in [5.74, 6) is 0. The van der Waals surface area contributed by atoms with E-state index in [0.29, 0.717) is 11.5 Å². The van der Waals surface area contributed by atoms with E-state index in [-0.39, 0.29) is 0 Å². The molecule has 1 aliphatic rings. The molecule has 1 atom stereocenters. The molecule has 20 heavy (non-hydrogen) atoms. The molecule has 2 aromatic rings. The molecule has 3 rings (SSSR count). The van der Waals surface area contributed by atoms with Crippen molar-refractivity contribution >= 4 is 0 Å². The summed E-state index contributed by atoms with van der Waals surface area (Å²) in [7, 11) is 0. The maximum Gasteiger partial charge on any atom is 0.0270 e. The van der Waals surface area contributed by atoms with E-state index >= 15 is 0 Å². The molecule has 2 nitrogen and oxygen atoms in total. The first-order chi connectivity index (χ1) is 9.85. The Hall–Kier alpha value is -1.67. The Kier molecular flexibility index (Phi) is 3.83. The molecule has 1 aromatic heterocycles. The van der Waals surface area contributed by atoms with E-state index in [1.807, 2.05) is 12.4 Å². The molecule has 2 heteroatoms. The summed E-state index contributed by atoms with van der Waals surface area (Å²) in [4.78, 5) is 4.11. The minimum atomic E-state index is 0.334. The second kappa shape index (κ2) is 5.76. The van der Waals surface area contributed by atoms with Gasteiger partial charge >= 0.3 is 0 Å². The lowest BCUT2D eigenvalue weighted by Gasteiger charge is -2.28. The van der Waals surface area contributed by atoms with Crippen LogP contribution in [0.25, 0.3) is 0 Å². The predicted octanol–water partition coefficient (Wildman–Crippen LogP) is 3.33. The zero-order valence-corrected chi connectivity index (χ0v) is 12.0. The van der Waals surface area contributed by atoms with Crippen molar-refractivity contribution in [2.45, 2.75) is 37.6 Å². The van der Waals surface area contributed by atoms with Crippen molar-refractivity contribution in [1.82, 2.24) is 10.3 Å². The molecular weight excluding hydrogens is 244 g/mol. The largest absolute Gasteiger partial charge is 0.313 e. The first kappa shape index (κ1) is 13.3. The van der Waals surface area contributed by atoms with Gasteiger partial charge in [-0.25, -0.2) is 0 Å². The summed E-state index contributed by atoms with van der Waals surface area (Å²) >= 11 is 0. The van der Waals surface area contributed by atoms with E-state index in [1.165, 1.54) is 24.0 Å². The fourth-order valence-corrected chi connectivity index (χ4v) is 3.21. The number of likely N-dealkylation sites (N-methyl/N-ethyl adjacent to an activating group) is 1. The van der Waals surface area contributed by atoms with E-state index in [1.54, 1.807) is 0 Å². The van der Waals surface area contributed by atoms with Gasteiger partial charge in [-0.1, -0.05) is 37.3 Å². The number of hydrogen-bond acceptors (Lipinski definition) is 2. The topological polar surface area (TPSA) is 24.9 Å². The van der Waals surface area contributed by atoms with Gasteiger partial charge in [-0.05, 0) is 49.1 Å². The molecule has 0 spiro atoms. The van der Waals surface area contributed by atoms with Crippen molar-refractivity contribution in [2.24, 2.45) is 0 Å². The molecule has 1 N–H and O–H groups in total. The third-order valence-electron chi connectivity index (χ3n) is 4.44. The van der Waals surface area contributed by atoms with E-state index in [4.69, 9.17) is 0 Å². The second-order valence-electron chi connectivity index (χ2n) is 5.69. The average molecular weight is 266 g/mol. The van der Waals surface area contributed by atoms with E-state index in [2.05, 4.69) is 59.7 Å². The molecular formula is C18H22N2. The fourth-order valence-electron chi connectivity index (χ4n) is 3.21. The van der Waals surface area contributed by atoms with Crippen LogP contribution < -0.4 is 5.32 Å². The zero-order valence-electron chi connectivity index (χ0n) is 12.0. The van der Waals surface area contributed by atoms with Gasteiger partial charge in [-0.15, -0.1) is 0 Å². The molecule has 1 aromatic carbocycles. The Balaban J connectivity index is 1.84. The molecule has 104 valence electrons. The van der Waals surface area contributed by atoms with Crippen LogP contribution >= 0.6 is 0 Å². The van der Waals surface area contributed by atoms with E-state index < -0.39 is 0 Å². The molecule has 0 aliphatic heterocycles. The van der Waals surface area contributed by atoms with Gasteiger partial charge in [-0.2, -0.15) is 0 Å². The number of nitrogens with zero attached hydrogens (tertiary/aromatic N) is 1. The van der Waals surface area contributed by atoms with Crippen LogP contribution in [0, 0.1) is 0 Å². The summed E-state index contributed by atoms with van der Waals surface area (Å²) in [6.07, 6.45) is 7.44. The molecule has 1 saturated carbocycles. The van der Waals surface area contributed by atoms with Crippen molar-refractivity contribution in [2.75, 3.05) is 6.54 Å². The van der Waals surface area contributed by atoms with Gasteiger partial charge in [-0.3, -0.25) is 4.98 Å². The molecule has 0 bridgehead atoms. The Morgan fingerprint density at radius 3 is 2.40 bits per heavy atom. The Morgan fingerprint density at radius 1 is 1.10 bits per heavy atom. The molecule has 0 radical (unpaired) electrons. The second-order valence-corrected chi connectivity index (χ2v) is 5.69. The van der Waals surface area contributed by atoms with Gasteiger partial charge in [0.1, 0.15) is 0 Å². The predicted molar refractivity (Wildman–Crippen MR) is 82.8 cm³/mol. The number of nitrogens with one attached hydrogen (secondary N) is 1. The van der Waals surface area contributed by atoms with Gasteiger partial charge < -0.3 is 5.32 Å². The standard InChI is InChI=1S/C18H22N2/c1-2-20-17(14-15-8-12-19-13-9-15)18(10-11-18)16-6-4-3-5-7-16/h3-9,12-13,17,20H,2,10-11,14H2,1H3. The van der Waals surface area contributed by atoms with Crippen LogP contribution in [0.1, 0.15) is 30.9 Å². The highest BCUT2D eigenvalue weighted by atomic mass is 14.9. The SMILES string of the molecule is CCNC(Cc1ccncc1)C1(c2ccccc2)CC1. The molecule has 1 unspecified atom stereocenters. The van der Waals surface area contributed by atoms with Gasteiger partial charge in [0, 0.05) is 23.9 Å². The summed E-state index contributed by atoms with van der Waals surface area (Å²) in [5.41, 5.74) is 3.19. The van der Waals surface area contributed by atoms with Gasteiger partial charge in [0.2, 0.25) is 0 Å². The molecule has 0 saturated heterocycles. The van der Waals surface area contributed by atoms with Crippen LogP contribution in [0.3, 0.4) is 0 Å². The average Bonchev–Trinajstić information content (AvgIpc) is 3.31. The number of hydrogen-bond donors (Lipinski definition) is 1. The van der Waals surface area contributed by atoms with Crippen molar-refractivity contribution in [1.29, 1.82) is 0 Å². The van der Waals surface area contributed by atoms with Crippen LogP contribution in [0.2, 0.25) is 0 Å². The Bertz CT molecular complexity index is 532. The molecule has 1 heterocycles. The van der Waals surface area contributed by atoms with Crippen molar-refractivity contribution in [3.8, 4) is 0 Å². The quantitative estimate of drug-likeness (QED) is 0.867. The summed E-state index contributed by atoms with van der Waals surface area (Å²) in [6, 6.07) is 15.8. The monoisotopic (exact) mass is 266 g/mol. The van der Waals surface area contributed by atoms with Crippen LogP contribution in [-0.4, -0.2) is 17.6 Å². The van der Waals surface area contributed by atoms with Gasteiger partial charge in [0.15, 0.2) is 0 Å². The Labute approximate surface area is 121 Å². The summed E-state index contributed by atoms with van der Waals surface area (Å²) in [6.45, 7) is 3.21. The highest BCUT2D eigenvalue weighted by Crippen LogP contribution is 2.51. The van der Waals surface area contributed by atoms with Gasteiger partial charge in [0.25, 0.3) is 0 Å². The van der Waals surface area contributed by atoms with Crippen LogP contribution in [-0.2, 0) is 11.8 Å². The molecule has 0 amide bonds. The van der Waals surface area contributed by atoms with Crippen LogP contribution in [0.4, 0.5) is 0 Å². The third kappa shape index (κ3) is 2.61. The highest BCUT2D eigenvalue weighted by Gasteiger charge is 2.49. The van der Waals surface area contributed by atoms with Crippen molar-refractivity contribution in [3.05, 3.63) is 66.0 Å². The number of benzene rings is 1. The van der Waals surface area contributed by atoms with Crippen molar-refractivity contribution in [3.63, 3.8) is 0 Å². The minimum absolute atomic E-state index is 0.334. The van der Waals surface area contributed by atoms with Crippen LogP contribution in [0.5, 0.6) is 0 Å². The molecule has 1 aliphatic carbocycles. The van der Waals surface area contributed by atoms with Crippen molar-refractivity contribution < 1.29 is 0 Å². The smallest absolute Gasteiger partial charge is 0.0270 e. The lowest BCUT2D eigenvalue weighted by atomic mass is 9.84. The third-order valence-corrected chi connectivity index (χ3v) is 4.44. The summed E-state index contributed by atoms with van der Waals surface area (Å²) < 4.78 is 0. The molecule has 1 fully saturated rings. The highest BCUT2D eigenvalue weighted by molar-refractivity contribution is 5.35. The van der Waals surface area contributed by atoms with Gasteiger partial charge in [0.05, 0.1) is 0 Å². The minimum Gasteiger partial charge on any atom is -0.313 e. The summed E-state index contributed by atoms with van der Waals surface area (Å²) in [5, 5.41) is 3.71. The Morgan fingerprint density at radius 2 is 1.80 bits per heavy atom. The van der Waals surface area contributed by atoms with E-state index in [0.717, 1.165) is 13.0 Å². The lowest BCUT2D eigenvalue weighted by Crippen LogP contribution is -2.41. The number of rotatable bonds is 6. The normalized spacial score (nSPS) is 17.6.